The third-order valence-electron chi connectivity index (χ3n) is 2.59. The van der Waals surface area contributed by atoms with Gasteiger partial charge in [-0.05, 0) is 0 Å². The van der Waals surface area contributed by atoms with Crippen LogP contribution in [0.25, 0.3) is 0 Å². The number of rotatable bonds is 2. The molecule has 0 radical (unpaired) electrons. The van der Waals surface area contributed by atoms with Crippen molar-refractivity contribution in [1.82, 2.24) is 9.55 Å². The molecule has 1 aliphatic heterocycles. The topological polar surface area (TPSA) is 105 Å². The van der Waals surface area contributed by atoms with E-state index in [0.29, 0.717) is 0 Å². The molecule has 1 saturated heterocycles. The number of nitrogens with zero attached hydrogens (tertiary/aromatic N) is 1. The van der Waals surface area contributed by atoms with Gasteiger partial charge in [-0.3, -0.25) is 14.3 Å². The van der Waals surface area contributed by atoms with Gasteiger partial charge in [-0.2, -0.15) is 0 Å². The molecule has 0 amide bonds. The van der Waals surface area contributed by atoms with Gasteiger partial charge in [0, 0.05) is 12.3 Å². The largest absolute Gasteiger partial charge is 0.394 e. The van der Waals surface area contributed by atoms with Gasteiger partial charge in [0.05, 0.1) is 6.61 Å². The number of hydrogen-bond acceptors (Lipinski definition) is 5. The third kappa shape index (κ3) is 2.02. The molecule has 2 heterocycles. The van der Waals surface area contributed by atoms with Crippen LogP contribution in [0, 0.1) is 0 Å². The van der Waals surface area contributed by atoms with Gasteiger partial charge in [0.1, 0.15) is 12.2 Å². The molecule has 3 N–H and O–H groups in total. The standard InChI is InChI=1S/C9H11FN2O5/c10-6-4(3-13)17-8(7(6)15)12-2-1-5(14)11-9(12)16/h1-2,4,6-8,13,15H,3H2,(H,11,14,16)/t4-,6?,7+,8-/m1/s1. The maximum absolute atomic E-state index is 13.4. The van der Waals surface area contributed by atoms with E-state index in [-0.39, 0.29) is 0 Å². The van der Waals surface area contributed by atoms with Crippen molar-refractivity contribution < 1.29 is 19.3 Å². The summed E-state index contributed by atoms with van der Waals surface area (Å²) in [6.07, 6.45) is -4.71. The molecule has 1 aliphatic rings. The van der Waals surface area contributed by atoms with Gasteiger partial charge in [-0.1, -0.05) is 0 Å². The van der Waals surface area contributed by atoms with Crippen LogP contribution in [0.5, 0.6) is 0 Å². The Hall–Kier alpha value is -1.51. The molecule has 0 aromatic carbocycles. The van der Waals surface area contributed by atoms with Gasteiger partial charge in [0.25, 0.3) is 5.56 Å². The quantitative estimate of drug-likeness (QED) is 0.567. The number of halogens is 1. The maximum Gasteiger partial charge on any atom is 0.330 e. The normalized spacial score (nSPS) is 32.9. The number of aliphatic hydroxyl groups is 2. The number of nitrogens with one attached hydrogen (secondary N) is 1. The Kier molecular flexibility index (Phi) is 3.09. The Labute approximate surface area is 94.1 Å². The van der Waals surface area contributed by atoms with Crippen LogP contribution >= 0.6 is 0 Å². The van der Waals surface area contributed by atoms with Gasteiger partial charge in [0.2, 0.25) is 0 Å². The van der Waals surface area contributed by atoms with Crippen LogP contribution in [-0.4, -0.2) is 44.8 Å². The highest BCUT2D eigenvalue weighted by atomic mass is 19.1. The summed E-state index contributed by atoms with van der Waals surface area (Å²) in [6, 6.07) is 1.05. The second-order valence-corrected chi connectivity index (χ2v) is 3.70. The molecule has 8 heteroatoms. The van der Waals surface area contributed by atoms with E-state index >= 15 is 0 Å². The van der Waals surface area contributed by atoms with Crippen LogP contribution in [0.3, 0.4) is 0 Å². The van der Waals surface area contributed by atoms with Crippen molar-refractivity contribution in [1.29, 1.82) is 0 Å². The van der Waals surface area contributed by atoms with Crippen molar-refractivity contribution in [3.63, 3.8) is 0 Å². The van der Waals surface area contributed by atoms with E-state index in [1.807, 2.05) is 4.98 Å². The molecule has 0 bridgehead atoms. The average molecular weight is 246 g/mol. The molecule has 1 unspecified atom stereocenters. The number of aliphatic hydroxyl groups excluding tert-OH is 2. The Bertz CT molecular complexity index is 513. The van der Waals surface area contributed by atoms with Crippen LogP contribution in [0.4, 0.5) is 4.39 Å². The highest BCUT2D eigenvalue weighted by Crippen LogP contribution is 2.29. The number of aromatic nitrogens is 2. The first-order valence-corrected chi connectivity index (χ1v) is 4.94. The lowest BCUT2D eigenvalue weighted by molar-refractivity contribution is -0.0537. The summed E-state index contributed by atoms with van der Waals surface area (Å²) in [4.78, 5) is 24.2. The first-order chi connectivity index (χ1) is 8.04. The predicted molar refractivity (Wildman–Crippen MR) is 53.2 cm³/mol. The van der Waals surface area contributed by atoms with Gasteiger partial charge in [0.15, 0.2) is 12.4 Å². The minimum absolute atomic E-state index is 0.603. The SMILES string of the molecule is O=c1ccn([C@@H]2O[C@H](CO)C(F)[C@@H]2O)c(=O)[nH]1. The van der Waals surface area contributed by atoms with Gasteiger partial charge >= 0.3 is 5.69 Å². The second-order valence-electron chi connectivity index (χ2n) is 3.70. The Morgan fingerprint density at radius 3 is 2.76 bits per heavy atom. The fraction of sp³-hybridized carbons (Fsp3) is 0.556. The van der Waals surface area contributed by atoms with Crippen molar-refractivity contribution in [2.24, 2.45) is 0 Å². The molecule has 0 saturated carbocycles. The second kappa shape index (κ2) is 4.40. The Morgan fingerprint density at radius 2 is 2.24 bits per heavy atom. The molecule has 1 aromatic rings. The van der Waals surface area contributed by atoms with Gasteiger partial charge < -0.3 is 14.9 Å². The number of ether oxygens (including phenoxy) is 1. The lowest BCUT2D eigenvalue weighted by atomic mass is 10.1. The summed E-state index contributed by atoms with van der Waals surface area (Å²) >= 11 is 0. The fourth-order valence-corrected chi connectivity index (χ4v) is 1.71. The summed E-state index contributed by atoms with van der Waals surface area (Å²) < 4.78 is 19.3. The van der Waals surface area contributed by atoms with E-state index in [4.69, 9.17) is 9.84 Å². The van der Waals surface area contributed by atoms with Gasteiger partial charge in [-0.25, -0.2) is 9.18 Å². The summed E-state index contributed by atoms with van der Waals surface area (Å²) in [7, 11) is 0. The zero-order valence-electron chi connectivity index (χ0n) is 8.62. The third-order valence-corrected chi connectivity index (χ3v) is 2.59. The number of aromatic amines is 1. The summed E-state index contributed by atoms with van der Waals surface area (Å²) in [5.41, 5.74) is -1.42. The van der Waals surface area contributed by atoms with Crippen molar-refractivity contribution in [2.75, 3.05) is 6.61 Å². The van der Waals surface area contributed by atoms with E-state index in [0.717, 1.165) is 16.8 Å². The van der Waals surface area contributed by atoms with Crippen LogP contribution in [0.15, 0.2) is 21.9 Å². The molecule has 1 fully saturated rings. The molecule has 4 atom stereocenters. The number of hydrogen-bond donors (Lipinski definition) is 3. The molecule has 1 aromatic heterocycles. The number of alkyl halides is 1. The molecule has 17 heavy (non-hydrogen) atoms. The maximum atomic E-state index is 13.4. The average Bonchev–Trinajstić information content (AvgIpc) is 2.57. The van der Waals surface area contributed by atoms with Crippen LogP contribution in [0.1, 0.15) is 6.23 Å². The molecule has 94 valence electrons. The first-order valence-electron chi connectivity index (χ1n) is 4.94. The van der Waals surface area contributed by atoms with E-state index in [9.17, 15) is 19.1 Å². The molecular weight excluding hydrogens is 235 g/mol. The molecule has 0 aliphatic carbocycles. The molecule has 2 rings (SSSR count). The van der Waals surface area contributed by atoms with Gasteiger partial charge in [-0.15, -0.1) is 0 Å². The van der Waals surface area contributed by atoms with E-state index in [2.05, 4.69) is 0 Å². The minimum Gasteiger partial charge on any atom is -0.394 e. The zero-order chi connectivity index (χ0) is 12.6. The van der Waals surface area contributed by atoms with Crippen molar-refractivity contribution in [3.8, 4) is 0 Å². The summed E-state index contributed by atoms with van der Waals surface area (Å²) in [5, 5.41) is 18.4. The lowest BCUT2D eigenvalue weighted by Gasteiger charge is -2.16. The zero-order valence-corrected chi connectivity index (χ0v) is 8.62. The highest BCUT2D eigenvalue weighted by molar-refractivity contribution is 4.93. The van der Waals surface area contributed by atoms with Crippen LogP contribution in [-0.2, 0) is 4.74 Å². The van der Waals surface area contributed by atoms with Crippen molar-refractivity contribution in [2.45, 2.75) is 24.6 Å². The van der Waals surface area contributed by atoms with Crippen molar-refractivity contribution in [3.05, 3.63) is 33.1 Å². The molecular formula is C9H11FN2O5. The summed E-state index contributed by atoms with van der Waals surface area (Å²) in [5.74, 6) is 0. The molecule has 0 spiro atoms. The summed E-state index contributed by atoms with van der Waals surface area (Å²) in [6.45, 7) is -0.604. The number of H-pyrrole nitrogens is 1. The monoisotopic (exact) mass is 246 g/mol. The van der Waals surface area contributed by atoms with Crippen molar-refractivity contribution >= 4 is 0 Å². The Balaban J connectivity index is 2.35. The smallest absolute Gasteiger partial charge is 0.330 e. The van der Waals surface area contributed by atoms with E-state index in [1.165, 1.54) is 0 Å². The minimum atomic E-state index is -1.79. The van der Waals surface area contributed by atoms with E-state index < -0.39 is 42.5 Å². The van der Waals surface area contributed by atoms with Crippen LogP contribution in [0.2, 0.25) is 0 Å². The van der Waals surface area contributed by atoms with E-state index in [1.54, 1.807) is 0 Å². The van der Waals surface area contributed by atoms with Crippen LogP contribution < -0.4 is 11.2 Å². The predicted octanol–water partition coefficient (Wildman–Crippen LogP) is -1.87. The first kappa shape index (κ1) is 12.0. The highest BCUT2D eigenvalue weighted by Gasteiger charge is 2.45. The fourth-order valence-electron chi connectivity index (χ4n) is 1.71. The molecule has 7 nitrogen and oxygen atoms in total. The lowest BCUT2D eigenvalue weighted by Crippen LogP contribution is -2.36. The Morgan fingerprint density at radius 1 is 1.53 bits per heavy atom.